The first-order chi connectivity index (χ1) is 10.5. The van der Waals surface area contributed by atoms with Gasteiger partial charge in [0.15, 0.2) is 18.1 Å². The summed E-state index contributed by atoms with van der Waals surface area (Å²) in [6.45, 7) is 4.90. The van der Waals surface area contributed by atoms with E-state index >= 15 is 0 Å². The van der Waals surface area contributed by atoms with Gasteiger partial charge in [0.25, 0.3) is 5.91 Å². The van der Waals surface area contributed by atoms with Gasteiger partial charge in [0.1, 0.15) is 5.60 Å². The monoisotopic (exact) mass is 321 g/mol. The molecule has 0 radical (unpaired) electrons. The fraction of sp³-hybridized carbons (Fsp3) is 0.588. The van der Waals surface area contributed by atoms with Crippen molar-refractivity contribution in [2.45, 2.75) is 44.0 Å². The van der Waals surface area contributed by atoms with Crippen LogP contribution in [0.1, 0.15) is 32.3 Å². The Morgan fingerprint density at radius 2 is 2.36 bits per heavy atom. The molecular formula is C17H23NO3S. The normalized spacial score (nSPS) is 22.0. The standard InChI is InChI=1S/C17H23NO3S/c1-17(2)9-12-5-3-7-14(16(12)21-17)20-11-15(19)18-10-13-6-4-8-22-13/h3,5,7,13H,4,6,8-11H2,1-2H3,(H,18,19). The summed E-state index contributed by atoms with van der Waals surface area (Å²) in [6.07, 6.45) is 3.32. The number of carbonyl (C=O) groups is 1. The average Bonchev–Trinajstić information content (AvgIpc) is 3.08. The summed E-state index contributed by atoms with van der Waals surface area (Å²) in [6, 6.07) is 5.86. The molecule has 2 aliphatic rings. The molecule has 2 heterocycles. The summed E-state index contributed by atoms with van der Waals surface area (Å²) in [5.41, 5.74) is 0.939. The van der Waals surface area contributed by atoms with E-state index in [1.807, 2.05) is 30.0 Å². The topological polar surface area (TPSA) is 47.6 Å². The first-order valence-corrected chi connectivity index (χ1v) is 8.90. The largest absolute Gasteiger partial charge is 0.483 e. The fourth-order valence-electron chi connectivity index (χ4n) is 2.93. The van der Waals surface area contributed by atoms with Crippen LogP contribution in [0.5, 0.6) is 11.5 Å². The van der Waals surface area contributed by atoms with Crippen molar-refractivity contribution in [3.63, 3.8) is 0 Å². The van der Waals surface area contributed by atoms with Crippen molar-refractivity contribution in [3.05, 3.63) is 23.8 Å². The number of para-hydroxylation sites is 1. The molecule has 22 heavy (non-hydrogen) atoms. The van der Waals surface area contributed by atoms with Crippen LogP contribution in [0.4, 0.5) is 0 Å². The molecule has 5 heteroatoms. The molecule has 0 aromatic heterocycles. The van der Waals surface area contributed by atoms with E-state index in [9.17, 15) is 4.79 Å². The van der Waals surface area contributed by atoms with Gasteiger partial charge in [-0.2, -0.15) is 11.8 Å². The van der Waals surface area contributed by atoms with Crippen LogP contribution < -0.4 is 14.8 Å². The summed E-state index contributed by atoms with van der Waals surface area (Å²) >= 11 is 1.94. The highest BCUT2D eigenvalue weighted by atomic mass is 32.2. The quantitative estimate of drug-likeness (QED) is 0.906. The van der Waals surface area contributed by atoms with Gasteiger partial charge in [0.05, 0.1) is 0 Å². The molecule has 0 bridgehead atoms. The van der Waals surface area contributed by atoms with Gasteiger partial charge in [-0.1, -0.05) is 12.1 Å². The number of hydrogen-bond donors (Lipinski definition) is 1. The second-order valence-electron chi connectivity index (χ2n) is 6.51. The van der Waals surface area contributed by atoms with Gasteiger partial charge in [-0.05, 0) is 38.5 Å². The zero-order valence-electron chi connectivity index (χ0n) is 13.2. The second-order valence-corrected chi connectivity index (χ2v) is 7.92. The molecule has 120 valence electrons. The first-order valence-electron chi connectivity index (χ1n) is 7.85. The second kappa shape index (κ2) is 6.41. The summed E-state index contributed by atoms with van der Waals surface area (Å²) in [4.78, 5) is 11.9. The highest BCUT2D eigenvalue weighted by Gasteiger charge is 2.32. The summed E-state index contributed by atoms with van der Waals surface area (Å²) in [7, 11) is 0. The van der Waals surface area contributed by atoms with E-state index < -0.39 is 0 Å². The molecule has 1 aromatic rings. The lowest BCUT2D eigenvalue weighted by Crippen LogP contribution is -2.33. The van der Waals surface area contributed by atoms with Crippen LogP contribution in [0.15, 0.2) is 18.2 Å². The Morgan fingerprint density at radius 1 is 1.50 bits per heavy atom. The van der Waals surface area contributed by atoms with E-state index in [4.69, 9.17) is 9.47 Å². The molecule has 0 aliphatic carbocycles. The fourth-order valence-corrected chi connectivity index (χ4v) is 4.13. The Balaban J connectivity index is 1.52. The van der Waals surface area contributed by atoms with Gasteiger partial charge >= 0.3 is 0 Å². The lowest BCUT2D eigenvalue weighted by atomic mass is 10.0. The molecule has 1 saturated heterocycles. The van der Waals surface area contributed by atoms with E-state index in [0.717, 1.165) is 24.3 Å². The molecular weight excluding hydrogens is 298 g/mol. The Kier molecular flexibility index (Phi) is 4.52. The van der Waals surface area contributed by atoms with Crippen LogP contribution >= 0.6 is 11.8 Å². The van der Waals surface area contributed by atoms with Crippen LogP contribution in [0.25, 0.3) is 0 Å². The Hall–Kier alpha value is -1.36. The number of benzene rings is 1. The number of amides is 1. The van der Waals surface area contributed by atoms with Gasteiger partial charge in [0, 0.05) is 23.8 Å². The van der Waals surface area contributed by atoms with Gasteiger partial charge < -0.3 is 14.8 Å². The van der Waals surface area contributed by atoms with E-state index in [1.165, 1.54) is 18.6 Å². The molecule has 0 spiro atoms. The SMILES string of the molecule is CC1(C)Cc2cccc(OCC(=O)NCC3CCCS3)c2O1. The molecule has 1 atom stereocenters. The molecule has 0 saturated carbocycles. The highest BCUT2D eigenvalue weighted by molar-refractivity contribution is 8.00. The molecule has 4 nitrogen and oxygen atoms in total. The van der Waals surface area contributed by atoms with Crippen LogP contribution in [0, 0.1) is 0 Å². The molecule has 3 rings (SSSR count). The number of hydrogen-bond acceptors (Lipinski definition) is 4. The third kappa shape index (κ3) is 3.69. The Morgan fingerprint density at radius 3 is 3.14 bits per heavy atom. The van der Waals surface area contributed by atoms with Crippen molar-refractivity contribution < 1.29 is 14.3 Å². The smallest absolute Gasteiger partial charge is 0.257 e. The molecule has 2 aliphatic heterocycles. The van der Waals surface area contributed by atoms with E-state index in [0.29, 0.717) is 11.0 Å². The summed E-state index contributed by atoms with van der Waals surface area (Å²) in [5.74, 6) is 2.59. The van der Waals surface area contributed by atoms with Crippen LogP contribution in [0.3, 0.4) is 0 Å². The molecule has 1 aromatic carbocycles. The average molecular weight is 321 g/mol. The van der Waals surface area contributed by atoms with Gasteiger partial charge in [-0.25, -0.2) is 0 Å². The number of nitrogens with one attached hydrogen (secondary N) is 1. The molecule has 1 fully saturated rings. The molecule has 1 N–H and O–H groups in total. The first kappa shape index (κ1) is 15.5. The number of ether oxygens (including phenoxy) is 2. The lowest BCUT2D eigenvalue weighted by molar-refractivity contribution is -0.123. The van der Waals surface area contributed by atoms with Gasteiger partial charge in [-0.15, -0.1) is 0 Å². The maximum atomic E-state index is 11.9. The lowest BCUT2D eigenvalue weighted by Gasteiger charge is -2.18. The maximum absolute atomic E-state index is 11.9. The molecule has 1 unspecified atom stereocenters. The van der Waals surface area contributed by atoms with Crippen molar-refractivity contribution >= 4 is 17.7 Å². The molecule has 1 amide bonds. The number of fused-ring (bicyclic) bond motifs is 1. The summed E-state index contributed by atoms with van der Waals surface area (Å²) in [5, 5.41) is 3.52. The van der Waals surface area contributed by atoms with Gasteiger partial charge in [-0.3, -0.25) is 4.79 Å². The minimum absolute atomic E-state index is 0.0393. The van der Waals surface area contributed by atoms with Crippen LogP contribution in [-0.2, 0) is 11.2 Å². The number of carbonyl (C=O) groups excluding carboxylic acids is 1. The van der Waals surface area contributed by atoms with E-state index in [2.05, 4.69) is 19.2 Å². The minimum Gasteiger partial charge on any atom is -0.483 e. The zero-order chi connectivity index (χ0) is 15.6. The zero-order valence-corrected chi connectivity index (χ0v) is 14.0. The van der Waals surface area contributed by atoms with Gasteiger partial charge in [0.2, 0.25) is 0 Å². The number of thioether (sulfide) groups is 1. The van der Waals surface area contributed by atoms with E-state index in [-0.39, 0.29) is 18.1 Å². The highest BCUT2D eigenvalue weighted by Crippen LogP contribution is 2.41. The minimum atomic E-state index is -0.205. The van der Waals surface area contributed by atoms with Crippen molar-refractivity contribution in [3.8, 4) is 11.5 Å². The Labute approximate surface area is 135 Å². The van der Waals surface area contributed by atoms with Crippen LogP contribution in [0.2, 0.25) is 0 Å². The van der Waals surface area contributed by atoms with Crippen molar-refractivity contribution in [2.24, 2.45) is 0 Å². The predicted octanol–water partition coefficient (Wildman–Crippen LogP) is 2.79. The third-order valence-corrected chi connectivity index (χ3v) is 5.36. The van der Waals surface area contributed by atoms with Crippen molar-refractivity contribution in [1.29, 1.82) is 0 Å². The predicted molar refractivity (Wildman–Crippen MR) is 88.8 cm³/mol. The Bertz CT molecular complexity index is 553. The van der Waals surface area contributed by atoms with Crippen LogP contribution in [-0.4, -0.2) is 35.7 Å². The van der Waals surface area contributed by atoms with Crippen molar-refractivity contribution in [1.82, 2.24) is 5.32 Å². The van der Waals surface area contributed by atoms with E-state index in [1.54, 1.807) is 0 Å². The summed E-state index contributed by atoms with van der Waals surface area (Å²) < 4.78 is 11.6. The third-order valence-electron chi connectivity index (χ3n) is 3.96. The maximum Gasteiger partial charge on any atom is 0.257 e. The number of rotatable bonds is 5. The van der Waals surface area contributed by atoms with Crippen molar-refractivity contribution in [2.75, 3.05) is 18.9 Å².